The number of hydrogen-bond donors (Lipinski definition) is 1. The number of aliphatic carboxylic acids is 1. The maximum Gasteiger partial charge on any atom is 0.341 e. The molecule has 0 aliphatic carbocycles. The van der Waals surface area contributed by atoms with Gasteiger partial charge in [0, 0.05) is 16.7 Å². The van der Waals surface area contributed by atoms with Crippen LogP contribution in [0.1, 0.15) is 5.56 Å². The van der Waals surface area contributed by atoms with Crippen LogP contribution >= 0.6 is 11.6 Å². The molecule has 0 fully saturated rings. The Labute approximate surface area is 109 Å². The number of carboxylic acid groups (broad SMARTS) is 1. The van der Waals surface area contributed by atoms with Gasteiger partial charge in [-0.25, -0.2) is 9.59 Å². The summed E-state index contributed by atoms with van der Waals surface area (Å²) < 4.78 is 9.50. The Morgan fingerprint density at radius 3 is 2.78 bits per heavy atom. The van der Waals surface area contributed by atoms with Gasteiger partial charge in [0.05, 0.1) is 7.11 Å². The molecule has 6 heteroatoms. The molecule has 96 valence electrons. The summed E-state index contributed by atoms with van der Waals surface area (Å²) >= 11 is 5.78. The van der Waals surface area contributed by atoms with Crippen molar-refractivity contribution in [1.29, 1.82) is 0 Å². The largest absolute Gasteiger partial charge is 0.481 e. The summed E-state index contributed by atoms with van der Waals surface area (Å²) in [4.78, 5) is 21.4. The quantitative estimate of drug-likeness (QED) is 0.654. The zero-order valence-corrected chi connectivity index (χ0v) is 10.3. The van der Waals surface area contributed by atoms with Crippen molar-refractivity contribution in [3.63, 3.8) is 0 Å². The maximum atomic E-state index is 11.0. The third-order valence-electron chi connectivity index (χ3n) is 1.93. The van der Waals surface area contributed by atoms with Crippen molar-refractivity contribution in [3.05, 3.63) is 34.9 Å². The first-order chi connectivity index (χ1) is 8.52. The van der Waals surface area contributed by atoms with E-state index in [1.165, 1.54) is 25.3 Å². The SMILES string of the molecule is COC(=O)C=Cc1ccc(Cl)cc1OCC(=O)O. The molecule has 0 bridgehead atoms. The Morgan fingerprint density at radius 2 is 2.17 bits per heavy atom. The number of carbonyl (C=O) groups is 2. The van der Waals surface area contributed by atoms with E-state index in [9.17, 15) is 9.59 Å². The summed E-state index contributed by atoms with van der Waals surface area (Å²) in [5.74, 6) is -1.34. The van der Waals surface area contributed by atoms with Gasteiger partial charge in [-0.2, -0.15) is 0 Å². The van der Waals surface area contributed by atoms with Crippen molar-refractivity contribution < 1.29 is 24.2 Å². The van der Waals surface area contributed by atoms with Gasteiger partial charge in [-0.1, -0.05) is 11.6 Å². The molecule has 0 aliphatic rings. The molecular formula is C12H11ClO5. The van der Waals surface area contributed by atoms with E-state index < -0.39 is 18.5 Å². The third-order valence-corrected chi connectivity index (χ3v) is 2.16. The number of hydrogen-bond acceptors (Lipinski definition) is 4. The van der Waals surface area contributed by atoms with Gasteiger partial charge < -0.3 is 14.6 Å². The molecule has 18 heavy (non-hydrogen) atoms. The van der Waals surface area contributed by atoms with Crippen LogP contribution in [0.2, 0.25) is 5.02 Å². The fourth-order valence-electron chi connectivity index (χ4n) is 1.14. The molecule has 0 saturated heterocycles. The number of ether oxygens (including phenoxy) is 2. The lowest BCUT2D eigenvalue weighted by molar-refractivity contribution is -0.139. The zero-order valence-electron chi connectivity index (χ0n) is 9.55. The first-order valence-electron chi connectivity index (χ1n) is 4.93. The highest BCUT2D eigenvalue weighted by Crippen LogP contribution is 2.24. The minimum Gasteiger partial charge on any atom is -0.481 e. The summed E-state index contributed by atoms with van der Waals surface area (Å²) in [5, 5.41) is 8.95. The number of methoxy groups -OCH3 is 1. The van der Waals surface area contributed by atoms with Crippen molar-refractivity contribution in [2.45, 2.75) is 0 Å². The molecule has 1 aromatic carbocycles. The van der Waals surface area contributed by atoms with Gasteiger partial charge in [-0.3, -0.25) is 0 Å². The standard InChI is InChI=1S/C12H11ClO5/c1-17-12(16)5-3-8-2-4-9(13)6-10(8)18-7-11(14)15/h2-6H,7H2,1H3,(H,14,15). The Kier molecular flexibility index (Phi) is 5.20. The van der Waals surface area contributed by atoms with Gasteiger partial charge in [0.1, 0.15) is 5.75 Å². The van der Waals surface area contributed by atoms with Gasteiger partial charge >= 0.3 is 11.9 Å². The Hall–Kier alpha value is -2.01. The second-order valence-electron chi connectivity index (χ2n) is 3.22. The summed E-state index contributed by atoms with van der Waals surface area (Å²) in [5.41, 5.74) is 0.533. The molecule has 0 atom stereocenters. The average molecular weight is 271 g/mol. The lowest BCUT2D eigenvalue weighted by atomic mass is 10.2. The fraction of sp³-hybridized carbons (Fsp3) is 0.167. The lowest BCUT2D eigenvalue weighted by Crippen LogP contribution is -2.10. The van der Waals surface area contributed by atoms with Crippen LogP contribution in [-0.4, -0.2) is 30.8 Å². The van der Waals surface area contributed by atoms with Gasteiger partial charge in [0.25, 0.3) is 0 Å². The van der Waals surface area contributed by atoms with Crippen LogP contribution in [0.5, 0.6) is 5.75 Å². The zero-order chi connectivity index (χ0) is 13.5. The molecule has 0 unspecified atom stereocenters. The minimum absolute atomic E-state index is 0.282. The van der Waals surface area contributed by atoms with Gasteiger partial charge in [0.2, 0.25) is 0 Å². The Bertz CT molecular complexity index is 481. The predicted molar refractivity (Wildman–Crippen MR) is 65.6 cm³/mol. The number of esters is 1. The summed E-state index contributed by atoms with van der Waals surface area (Å²) in [6, 6.07) is 4.69. The van der Waals surface area contributed by atoms with Crippen molar-refractivity contribution in [2.24, 2.45) is 0 Å². The van der Waals surface area contributed by atoms with Crippen LogP contribution in [-0.2, 0) is 14.3 Å². The van der Waals surface area contributed by atoms with Crippen LogP contribution < -0.4 is 4.74 Å². The summed E-state index contributed by atoms with van der Waals surface area (Å²) in [6.45, 7) is -0.487. The number of carbonyl (C=O) groups excluding carboxylic acids is 1. The third kappa shape index (κ3) is 4.47. The van der Waals surface area contributed by atoms with E-state index in [0.717, 1.165) is 0 Å². The molecule has 0 spiro atoms. The van der Waals surface area contributed by atoms with Crippen LogP contribution in [0.15, 0.2) is 24.3 Å². The van der Waals surface area contributed by atoms with Crippen molar-refractivity contribution in [2.75, 3.05) is 13.7 Å². The molecule has 0 saturated carbocycles. The van der Waals surface area contributed by atoms with E-state index in [0.29, 0.717) is 10.6 Å². The molecule has 0 aromatic heterocycles. The first kappa shape index (κ1) is 14.1. The highest BCUT2D eigenvalue weighted by atomic mass is 35.5. The lowest BCUT2D eigenvalue weighted by Gasteiger charge is -2.07. The number of rotatable bonds is 5. The average Bonchev–Trinajstić information content (AvgIpc) is 2.34. The molecule has 1 rings (SSSR count). The van der Waals surface area contributed by atoms with E-state index in [-0.39, 0.29) is 5.75 Å². The van der Waals surface area contributed by atoms with Crippen molar-refractivity contribution >= 4 is 29.6 Å². The van der Waals surface area contributed by atoms with Crippen LogP contribution in [0.3, 0.4) is 0 Å². The first-order valence-corrected chi connectivity index (χ1v) is 5.31. The normalized spacial score (nSPS) is 10.3. The fourth-order valence-corrected chi connectivity index (χ4v) is 1.30. The van der Waals surface area contributed by atoms with E-state index in [4.69, 9.17) is 21.4 Å². The van der Waals surface area contributed by atoms with E-state index in [1.807, 2.05) is 0 Å². The van der Waals surface area contributed by atoms with E-state index >= 15 is 0 Å². The van der Waals surface area contributed by atoms with Gasteiger partial charge in [-0.15, -0.1) is 0 Å². The highest BCUT2D eigenvalue weighted by molar-refractivity contribution is 6.30. The van der Waals surface area contributed by atoms with E-state index in [1.54, 1.807) is 12.1 Å². The monoisotopic (exact) mass is 270 g/mol. The molecule has 0 radical (unpaired) electrons. The molecule has 0 aliphatic heterocycles. The molecular weight excluding hydrogens is 260 g/mol. The summed E-state index contributed by atoms with van der Waals surface area (Å²) in [6.07, 6.45) is 2.66. The highest BCUT2D eigenvalue weighted by Gasteiger charge is 2.05. The van der Waals surface area contributed by atoms with Gasteiger partial charge in [0.15, 0.2) is 6.61 Å². The van der Waals surface area contributed by atoms with Crippen LogP contribution in [0, 0.1) is 0 Å². The predicted octanol–water partition coefficient (Wildman–Crippen LogP) is 1.99. The summed E-state index contributed by atoms with van der Waals surface area (Å²) in [7, 11) is 1.26. The number of carboxylic acids is 1. The molecule has 5 nitrogen and oxygen atoms in total. The molecule has 1 aromatic rings. The maximum absolute atomic E-state index is 11.0. The van der Waals surface area contributed by atoms with Crippen molar-refractivity contribution in [1.82, 2.24) is 0 Å². The van der Waals surface area contributed by atoms with Crippen LogP contribution in [0.25, 0.3) is 6.08 Å². The Balaban J connectivity index is 2.92. The number of benzene rings is 1. The topological polar surface area (TPSA) is 72.8 Å². The molecule has 0 heterocycles. The molecule has 1 N–H and O–H groups in total. The minimum atomic E-state index is -1.10. The van der Waals surface area contributed by atoms with Crippen molar-refractivity contribution in [3.8, 4) is 5.75 Å². The van der Waals surface area contributed by atoms with Gasteiger partial charge in [-0.05, 0) is 24.3 Å². The Morgan fingerprint density at radius 1 is 1.44 bits per heavy atom. The second kappa shape index (κ2) is 6.66. The van der Waals surface area contributed by atoms with E-state index in [2.05, 4.69) is 4.74 Å². The van der Waals surface area contributed by atoms with Crippen LogP contribution in [0.4, 0.5) is 0 Å². The second-order valence-corrected chi connectivity index (χ2v) is 3.66. The molecule has 0 amide bonds. The number of halogens is 1. The smallest absolute Gasteiger partial charge is 0.341 e.